The first-order valence-electron chi connectivity index (χ1n) is 10.0. The van der Waals surface area contributed by atoms with Gasteiger partial charge in [0, 0.05) is 5.56 Å². The van der Waals surface area contributed by atoms with Gasteiger partial charge in [0.2, 0.25) is 0 Å². The fourth-order valence-corrected chi connectivity index (χ4v) is 3.55. The van der Waals surface area contributed by atoms with Crippen LogP contribution in [0.25, 0.3) is 6.08 Å². The van der Waals surface area contributed by atoms with E-state index in [-0.39, 0.29) is 5.91 Å². The van der Waals surface area contributed by atoms with E-state index >= 15 is 0 Å². The van der Waals surface area contributed by atoms with Gasteiger partial charge in [-0.2, -0.15) is 0 Å². The molecule has 31 heavy (non-hydrogen) atoms. The number of nitrogens with zero attached hydrogens (tertiary/aromatic N) is 1. The Bertz CT molecular complexity index is 1110. The molecule has 0 spiro atoms. The average molecular weight is 431 g/mol. The normalized spacial score (nSPS) is 14.6. The molecule has 5 nitrogen and oxygen atoms in total. The molecule has 0 unspecified atom stereocenters. The number of amides is 1. The minimum absolute atomic E-state index is 0.216. The largest absolute Gasteiger partial charge is 0.494 e. The molecule has 3 aromatic rings. The number of para-hydroxylation sites is 1. The fraction of sp³-hybridized carbons (Fsp3) is 0.120. The molecule has 1 heterocycles. The molecule has 156 valence electrons. The topological polar surface area (TPSA) is 50.8 Å². The first kappa shape index (κ1) is 20.6. The van der Waals surface area contributed by atoms with E-state index in [1.165, 1.54) is 4.90 Å². The van der Waals surface area contributed by atoms with E-state index in [1.54, 1.807) is 6.08 Å². The molecule has 1 aliphatic heterocycles. The second kappa shape index (κ2) is 9.45. The van der Waals surface area contributed by atoms with Crippen LogP contribution in [-0.4, -0.2) is 17.6 Å². The van der Waals surface area contributed by atoms with Crippen LogP contribution in [-0.2, 0) is 11.4 Å². The Labute approximate surface area is 186 Å². The van der Waals surface area contributed by atoms with Gasteiger partial charge in [-0.05, 0) is 61.1 Å². The van der Waals surface area contributed by atoms with Crippen molar-refractivity contribution in [3.05, 3.63) is 95.7 Å². The van der Waals surface area contributed by atoms with E-state index in [2.05, 4.69) is 5.32 Å². The van der Waals surface area contributed by atoms with Gasteiger partial charge < -0.3 is 14.8 Å². The number of hydrogen-bond acceptors (Lipinski definition) is 4. The molecule has 1 saturated heterocycles. The standard InChI is InChI=1S/C25H22N2O3S/c1-2-29-21-14-12-20(13-15-21)27-24(28)22(26-25(27)31)16-19-10-6-7-11-23(19)30-17-18-8-4-3-5-9-18/h3-16H,2,17H2,1H3,(H,26,31)/b22-16-. The second-order valence-electron chi connectivity index (χ2n) is 6.87. The summed E-state index contributed by atoms with van der Waals surface area (Å²) in [6, 6.07) is 24.8. The Hall–Kier alpha value is -3.64. The number of ether oxygens (including phenoxy) is 2. The van der Waals surface area contributed by atoms with Gasteiger partial charge in [0.05, 0.1) is 12.3 Å². The molecule has 0 aliphatic carbocycles. The molecular formula is C25H22N2O3S. The van der Waals surface area contributed by atoms with Crippen molar-refractivity contribution in [1.29, 1.82) is 0 Å². The van der Waals surface area contributed by atoms with Crippen molar-refractivity contribution in [1.82, 2.24) is 5.32 Å². The lowest BCUT2D eigenvalue weighted by Gasteiger charge is -2.14. The Morgan fingerprint density at radius 2 is 1.65 bits per heavy atom. The number of carbonyl (C=O) groups excluding carboxylic acids is 1. The molecule has 4 rings (SSSR count). The smallest absolute Gasteiger partial charge is 0.281 e. The summed E-state index contributed by atoms with van der Waals surface area (Å²) < 4.78 is 11.5. The minimum atomic E-state index is -0.216. The van der Waals surface area contributed by atoms with Gasteiger partial charge in [-0.1, -0.05) is 48.5 Å². The van der Waals surface area contributed by atoms with Crippen molar-refractivity contribution in [2.24, 2.45) is 0 Å². The highest BCUT2D eigenvalue weighted by Crippen LogP contribution is 2.27. The molecule has 1 aliphatic rings. The van der Waals surface area contributed by atoms with Crippen LogP contribution in [0.2, 0.25) is 0 Å². The maximum absolute atomic E-state index is 13.1. The predicted molar refractivity (Wildman–Crippen MR) is 126 cm³/mol. The van der Waals surface area contributed by atoms with E-state index in [1.807, 2.05) is 85.8 Å². The van der Waals surface area contributed by atoms with Gasteiger partial charge in [0.25, 0.3) is 5.91 Å². The van der Waals surface area contributed by atoms with Crippen LogP contribution in [0.5, 0.6) is 11.5 Å². The van der Waals surface area contributed by atoms with Gasteiger partial charge in [0.1, 0.15) is 23.8 Å². The molecule has 3 aromatic carbocycles. The molecule has 1 amide bonds. The van der Waals surface area contributed by atoms with Crippen LogP contribution in [0.15, 0.2) is 84.6 Å². The van der Waals surface area contributed by atoms with Crippen molar-refractivity contribution in [2.45, 2.75) is 13.5 Å². The fourth-order valence-electron chi connectivity index (χ4n) is 3.25. The summed E-state index contributed by atoms with van der Waals surface area (Å²) in [5.74, 6) is 1.22. The Balaban J connectivity index is 1.54. The lowest BCUT2D eigenvalue weighted by Crippen LogP contribution is -2.30. The second-order valence-corrected chi connectivity index (χ2v) is 7.25. The number of carbonyl (C=O) groups is 1. The summed E-state index contributed by atoms with van der Waals surface area (Å²) in [5, 5.41) is 3.36. The molecule has 0 saturated carbocycles. The van der Waals surface area contributed by atoms with Crippen LogP contribution in [0.3, 0.4) is 0 Å². The molecule has 1 fully saturated rings. The van der Waals surface area contributed by atoms with Crippen molar-refractivity contribution in [3.63, 3.8) is 0 Å². The van der Waals surface area contributed by atoms with Crippen LogP contribution >= 0.6 is 12.2 Å². The quantitative estimate of drug-likeness (QED) is 0.426. The van der Waals surface area contributed by atoms with Crippen molar-refractivity contribution in [2.75, 3.05) is 11.5 Å². The number of thiocarbonyl (C=S) groups is 1. The van der Waals surface area contributed by atoms with E-state index in [0.717, 1.165) is 16.9 Å². The van der Waals surface area contributed by atoms with E-state index in [0.29, 0.717) is 35.5 Å². The number of benzene rings is 3. The average Bonchev–Trinajstić information content (AvgIpc) is 3.07. The van der Waals surface area contributed by atoms with Crippen molar-refractivity contribution in [3.8, 4) is 11.5 Å². The minimum Gasteiger partial charge on any atom is -0.494 e. The summed E-state index contributed by atoms with van der Waals surface area (Å²) in [7, 11) is 0. The zero-order valence-electron chi connectivity index (χ0n) is 17.1. The zero-order valence-corrected chi connectivity index (χ0v) is 17.9. The first-order chi connectivity index (χ1) is 15.2. The van der Waals surface area contributed by atoms with Crippen LogP contribution in [0.4, 0.5) is 5.69 Å². The van der Waals surface area contributed by atoms with Gasteiger partial charge in [-0.3, -0.25) is 9.69 Å². The molecule has 0 atom stereocenters. The Morgan fingerprint density at radius 3 is 2.39 bits per heavy atom. The Morgan fingerprint density at radius 1 is 0.935 bits per heavy atom. The van der Waals surface area contributed by atoms with Crippen LogP contribution in [0, 0.1) is 0 Å². The zero-order chi connectivity index (χ0) is 21.6. The number of hydrogen-bond donors (Lipinski definition) is 1. The van der Waals surface area contributed by atoms with Gasteiger partial charge in [-0.15, -0.1) is 0 Å². The predicted octanol–water partition coefficient (Wildman–Crippen LogP) is 4.93. The molecule has 0 bridgehead atoms. The molecule has 0 aromatic heterocycles. The van der Waals surface area contributed by atoms with Crippen molar-refractivity contribution >= 4 is 35.0 Å². The summed E-state index contributed by atoms with van der Waals surface area (Å²) >= 11 is 5.42. The third-order valence-corrected chi connectivity index (χ3v) is 5.02. The number of nitrogens with one attached hydrogen (secondary N) is 1. The molecule has 0 radical (unpaired) electrons. The van der Waals surface area contributed by atoms with Crippen molar-refractivity contribution < 1.29 is 14.3 Å². The van der Waals surface area contributed by atoms with Gasteiger partial charge >= 0.3 is 0 Å². The summed E-state index contributed by atoms with van der Waals surface area (Å²) in [6.07, 6.45) is 1.77. The van der Waals surface area contributed by atoms with Crippen LogP contribution < -0.4 is 19.7 Å². The van der Waals surface area contributed by atoms with E-state index in [4.69, 9.17) is 21.7 Å². The van der Waals surface area contributed by atoms with E-state index in [9.17, 15) is 4.79 Å². The summed E-state index contributed by atoms with van der Waals surface area (Å²) in [4.78, 5) is 14.5. The maximum atomic E-state index is 13.1. The SMILES string of the molecule is CCOc1ccc(N2C(=O)/C(=C/c3ccccc3OCc3ccccc3)NC2=S)cc1. The molecule has 6 heteroatoms. The monoisotopic (exact) mass is 430 g/mol. The molecular weight excluding hydrogens is 408 g/mol. The summed E-state index contributed by atoms with van der Waals surface area (Å²) in [6.45, 7) is 2.95. The first-order valence-corrected chi connectivity index (χ1v) is 10.4. The Kier molecular flexibility index (Phi) is 6.29. The van der Waals surface area contributed by atoms with Crippen LogP contribution in [0.1, 0.15) is 18.1 Å². The summed E-state index contributed by atoms with van der Waals surface area (Å²) in [5.41, 5.74) is 2.95. The maximum Gasteiger partial charge on any atom is 0.281 e. The van der Waals surface area contributed by atoms with Gasteiger partial charge in [-0.25, -0.2) is 0 Å². The number of rotatable bonds is 7. The molecule has 1 N–H and O–H groups in total. The highest BCUT2D eigenvalue weighted by atomic mass is 32.1. The highest BCUT2D eigenvalue weighted by molar-refractivity contribution is 7.80. The lowest BCUT2D eigenvalue weighted by atomic mass is 10.1. The van der Waals surface area contributed by atoms with Gasteiger partial charge in [0.15, 0.2) is 5.11 Å². The van der Waals surface area contributed by atoms with E-state index < -0.39 is 0 Å². The third-order valence-electron chi connectivity index (χ3n) is 4.74. The lowest BCUT2D eigenvalue weighted by molar-refractivity contribution is -0.113. The highest BCUT2D eigenvalue weighted by Gasteiger charge is 2.32. The number of anilines is 1. The third kappa shape index (κ3) is 4.75.